The summed E-state index contributed by atoms with van der Waals surface area (Å²) in [6.45, 7) is 1.95. The molecule has 2 aliphatic rings. The maximum Gasteiger partial charge on any atom is 0.296 e. The molecule has 1 aromatic carbocycles. The molecule has 0 spiro atoms. The number of benzene rings is 1. The Hall–Kier alpha value is -3.16. The van der Waals surface area contributed by atoms with Crippen LogP contribution in [0.1, 0.15) is 34.9 Å². The highest BCUT2D eigenvalue weighted by molar-refractivity contribution is 9.10. The van der Waals surface area contributed by atoms with Gasteiger partial charge < -0.3 is 10.5 Å². The van der Waals surface area contributed by atoms with Crippen molar-refractivity contribution < 1.29 is 14.5 Å². The van der Waals surface area contributed by atoms with Crippen LogP contribution in [0.3, 0.4) is 0 Å². The Kier molecular flexibility index (Phi) is 5.79. The van der Waals surface area contributed by atoms with Gasteiger partial charge in [-0.1, -0.05) is 0 Å². The molecule has 0 saturated heterocycles. The van der Waals surface area contributed by atoms with Crippen molar-refractivity contribution in [3.8, 4) is 11.8 Å². The van der Waals surface area contributed by atoms with Crippen molar-refractivity contribution >= 4 is 44.4 Å². The fourth-order valence-electron chi connectivity index (χ4n) is 4.24. The van der Waals surface area contributed by atoms with E-state index in [1.165, 1.54) is 35.5 Å². The van der Waals surface area contributed by atoms with E-state index in [2.05, 4.69) is 22.0 Å². The van der Waals surface area contributed by atoms with E-state index in [4.69, 9.17) is 10.5 Å². The molecule has 2 aromatic rings. The van der Waals surface area contributed by atoms with Crippen LogP contribution in [0.5, 0.6) is 5.75 Å². The Morgan fingerprint density at radius 1 is 1.38 bits per heavy atom. The molecular weight excluding hydrogens is 496 g/mol. The Labute approximate surface area is 196 Å². The van der Waals surface area contributed by atoms with Gasteiger partial charge in [-0.25, -0.2) is 0 Å². The van der Waals surface area contributed by atoms with E-state index in [1.807, 2.05) is 13.0 Å². The highest BCUT2D eigenvalue weighted by Crippen LogP contribution is 2.50. The Morgan fingerprint density at radius 3 is 2.72 bits per heavy atom. The molecule has 0 amide bonds. The molecule has 164 valence electrons. The number of rotatable bonds is 4. The van der Waals surface area contributed by atoms with E-state index in [9.17, 15) is 20.2 Å². The highest BCUT2D eigenvalue weighted by atomic mass is 79.9. The second kappa shape index (κ2) is 8.41. The molecule has 0 saturated carbocycles. The van der Waals surface area contributed by atoms with Crippen molar-refractivity contribution in [1.29, 1.82) is 5.26 Å². The molecule has 1 atom stereocenters. The Morgan fingerprint density at radius 2 is 2.12 bits per heavy atom. The number of nitrogens with two attached hydrogens (primary N) is 1. The maximum absolute atomic E-state index is 13.1. The number of hydrogen-bond donors (Lipinski definition) is 1. The number of carbonyl (C=O) groups is 1. The van der Waals surface area contributed by atoms with E-state index in [0.29, 0.717) is 36.3 Å². The molecular formula is C22H19BrN4O4S. The largest absolute Gasteiger partial charge is 0.496 e. The van der Waals surface area contributed by atoms with Gasteiger partial charge in [0.05, 0.1) is 35.7 Å². The van der Waals surface area contributed by atoms with Crippen molar-refractivity contribution in [3.63, 3.8) is 0 Å². The van der Waals surface area contributed by atoms with E-state index in [0.717, 1.165) is 14.2 Å². The van der Waals surface area contributed by atoms with Gasteiger partial charge in [0.2, 0.25) is 0 Å². The van der Waals surface area contributed by atoms with Gasteiger partial charge in [0.25, 0.3) is 5.69 Å². The van der Waals surface area contributed by atoms with Crippen molar-refractivity contribution in [3.05, 3.63) is 71.3 Å². The second-order valence-electron chi connectivity index (χ2n) is 7.48. The average Bonchev–Trinajstić information content (AvgIpc) is 3.10. The first-order valence-corrected chi connectivity index (χ1v) is 11.4. The van der Waals surface area contributed by atoms with Crippen LogP contribution in [-0.4, -0.2) is 17.8 Å². The molecule has 10 heteroatoms. The number of carbonyl (C=O) groups excluding carboxylic acids is 1. The number of allylic oxidation sites excluding steroid dienone is 3. The molecule has 1 unspecified atom stereocenters. The normalized spacial score (nSPS) is 18.5. The fraction of sp³-hybridized carbons (Fsp3) is 0.273. The lowest BCUT2D eigenvalue weighted by molar-refractivity contribution is -0.384. The number of nitriles is 1. The summed E-state index contributed by atoms with van der Waals surface area (Å²) >= 11 is 5.00. The van der Waals surface area contributed by atoms with Crippen molar-refractivity contribution in [1.82, 2.24) is 0 Å². The van der Waals surface area contributed by atoms with Crippen molar-refractivity contribution in [2.75, 3.05) is 12.0 Å². The predicted molar refractivity (Wildman–Crippen MR) is 124 cm³/mol. The number of nitro groups is 1. The first-order valence-electron chi connectivity index (χ1n) is 9.82. The molecule has 0 radical (unpaired) electrons. The number of ether oxygens (including phenoxy) is 1. The van der Waals surface area contributed by atoms with Crippen LogP contribution in [0.4, 0.5) is 11.4 Å². The zero-order chi connectivity index (χ0) is 23.2. The van der Waals surface area contributed by atoms with Crippen LogP contribution in [0.25, 0.3) is 0 Å². The van der Waals surface area contributed by atoms with Crippen molar-refractivity contribution in [2.24, 2.45) is 5.73 Å². The summed E-state index contributed by atoms with van der Waals surface area (Å²) in [6.07, 6.45) is 1.48. The van der Waals surface area contributed by atoms with E-state index in [1.54, 1.807) is 6.07 Å². The lowest BCUT2D eigenvalue weighted by Gasteiger charge is -2.39. The molecule has 8 nitrogen and oxygen atoms in total. The molecule has 4 rings (SSSR count). The maximum atomic E-state index is 13.1. The van der Waals surface area contributed by atoms with Gasteiger partial charge in [-0.2, -0.15) is 5.26 Å². The zero-order valence-electron chi connectivity index (χ0n) is 17.3. The Bertz CT molecular complexity index is 1240. The Balaban J connectivity index is 2.00. The third-order valence-electron chi connectivity index (χ3n) is 5.69. The van der Waals surface area contributed by atoms with Gasteiger partial charge in [-0.15, -0.1) is 11.3 Å². The standard InChI is InChI=1S/C22H19BrN4O4S/c1-11-14(23)9-19(32-11)20-13(10-24)22(25)26(16-4-3-5-18(28)21(16)20)15-7-6-12(31-2)8-17(15)27(29)30/h6-9,20H,3-5,25H2,1-2H3. The number of anilines is 1. The lowest BCUT2D eigenvalue weighted by Crippen LogP contribution is -2.38. The number of halogens is 1. The average molecular weight is 515 g/mol. The summed E-state index contributed by atoms with van der Waals surface area (Å²) in [5, 5.41) is 21.9. The molecule has 2 N–H and O–H groups in total. The van der Waals surface area contributed by atoms with Crippen LogP contribution >= 0.6 is 27.3 Å². The zero-order valence-corrected chi connectivity index (χ0v) is 19.7. The third-order valence-corrected chi connectivity index (χ3v) is 7.90. The molecule has 32 heavy (non-hydrogen) atoms. The van der Waals surface area contributed by atoms with E-state index in [-0.39, 0.29) is 28.6 Å². The number of aryl methyl sites for hydroxylation is 1. The summed E-state index contributed by atoms with van der Waals surface area (Å²) < 4.78 is 6.04. The minimum atomic E-state index is -0.591. The monoisotopic (exact) mass is 514 g/mol. The summed E-state index contributed by atoms with van der Waals surface area (Å²) in [6, 6.07) is 8.53. The van der Waals surface area contributed by atoms with E-state index >= 15 is 0 Å². The minimum Gasteiger partial charge on any atom is -0.496 e. The number of nitro benzene ring substituents is 1. The van der Waals surface area contributed by atoms with Gasteiger partial charge in [-0.3, -0.25) is 19.8 Å². The number of hydrogen-bond acceptors (Lipinski definition) is 8. The van der Waals surface area contributed by atoms with Crippen LogP contribution in [-0.2, 0) is 4.79 Å². The molecule has 0 bridgehead atoms. The molecule has 1 aliphatic heterocycles. The van der Waals surface area contributed by atoms with Gasteiger partial charge in [0, 0.05) is 31.9 Å². The van der Waals surface area contributed by atoms with Crippen molar-refractivity contribution in [2.45, 2.75) is 32.1 Å². The third kappa shape index (κ3) is 3.47. The van der Waals surface area contributed by atoms with Crippen LogP contribution in [0.2, 0.25) is 0 Å². The van der Waals surface area contributed by atoms with E-state index < -0.39 is 10.8 Å². The van der Waals surface area contributed by atoms with Crippen LogP contribution in [0, 0.1) is 28.4 Å². The fourth-order valence-corrected chi connectivity index (χ4v) is 5.92. The smallest absolute Gasteiger partial charge is 0.296 e. The molecule has 2 heterocycles. The number of ketones is 1. The number of nitrogens with zero attached hydrogens (tertiary/aromatic N) is 3. The molecule has 1 aliphatic carbocycles. The van der Waals surface area contributed by atoms with Gasteiger partial charge >= 0.3 is 0 Å². The highest BCUT2D eigenvalue weighted by Gasteiger charge is 2.42. The first-order chi connectivity index (χ1) is 15.3. The number of methoxy groups -OCH3 is 1. The van der Waals surface area contributed by atoms with Crippen LogP contribution in [0.15, 0.2) is 51.4 Å². The van der Waals surface area contributed by atoms with Gasteiger partial charge in [-0.05, 0) is 53.9 Å². The summed E-state index contributed by atoms with van der Waals surface area (Å²) in [4.78, 5) is 27.9. The van der Waals surface area contributed by atoms with Crippen LogP contribution < -0.4 is 15.4 Å². The van der Waals surface area contributed by atoms with Gasteiger partial charge in [0.15, 0.2) is 5.78 Å². The van der Waals surface area contributed by atoms with Gasteiger partial charge in [0.1, 0.15) is 17.3 Å². The number of thiophene rings is 1. The molecule has 1 aromatic heterocycles. The summed E-state index contributed by atoms with van der Waals surface area (Å²) in [5.74, 6) is -0.237. The summed E-state index contributed by atoms with van der Waals surface area (Å²) in [5.41, 5.74) is 7.79. The minimum absolute atomic E-state index is 0.0696. The SMILES string of the molecule is COc1ccc(N2C(N)=C(C#N)C(c3cc(Br)c(C)s3)C3=C2CCCC3=O)c([N+](=O)[O-])c1. The summed E-state index contributed by atoms with van der Waals surface area (Å²) in [7, 11) is 1.42. The topological polar surface area (TPSA) is 122 Å². The molecule has 0 fully saturated rings. The quantitative estimate of drug-likeness (QED) is 0.447. The lowest BCUT2D eigenvalue weighted by atomic mass is 9.78. The number of Topliss-reactive ketones (excluding diaryl/α,β-unsaturated/α-hetero) is 1. The predicted octanol–water partition coefficient (Wildman–Crippen LogP) is 5.04. The first kappa shape index (κ1) is 22.0. The second-order valence-corrected chi connectivity index (χ2v) is 9.62.